The van der Waals surface area contributed by atoms with Crippen molar-refractivity contribution in [1.82, 2.24) is 5.32 Å². The summed E-state index contributed by atoms with van der Waals surface area (Å²) in [6.45, 7) is 1.73. The summed E-state index contributed by atoms with van der Waals surface area (Å²) in [6.07, 6.45) is -2.50. The normalized spacial score (nSPS) is 28.3. The predicted molar refractivity (Wildman–Crippen MR) is 83.7 cm³/mol. The van der Waals surface area contributed by atoms with Crippen LogP contribution in [0.2, 0.25) is 0 Å². The highest BCUT2D eigenvalue weighted by Gasteiger charge is 2.51. The van der Waals surface area contributed by atoms with Crippen LogP contribution in [0.25, 0.3) is 0 Å². The first-order valence-corrected chi connectivity index (χ1v) is 7.16. The van der Waals surface area contributed by atoms with Crippen molar-refractivity contribution in [2.75, 3.05) is 14.2 Å². The van der Waals surface area contributed by atoms with Crippen molar-refractivity contribution in [3.8, 4) is 0 Å². The first kappa shape index (κ1) is 19.9. The van der Waals surface area contributed by atoms with Crippen LogP contribution in [0.15, 0.2) is 24.3 Å². The number of rotatable bonds is 3. The number of nitrogens with one attached hydrogen (secondary N) is 1. The zero-order chi connectivity index (χ0) is 16.6. The van der Waals surface area contributed by atoms with Crippen LogP contribution in [-0.2, 0) is 21.2 Å². The van der Waals surface area contributed by atoms with Gasteiger partial charge in [-0.15, -0.1) is 12.4 Å². The maximum absolute atomic E-state index is 12.9. The van der Waals surface area contributed by atoms with Gasteiger partial charge in [-0.3, -0.25) is 4.79 Å². The summed E-state index contributed by atoms with van der Waals surface area (Å²) in [4.78, 5) is 12.9. The SMILES string of the molecule is CN[C@@]1(c2ccc(C(F)(F)F)cc2)CCC[C@@](C)(OC)C1=O.Cl. The molecule has 2 rings (SSSR count). The molecule has 1 N–H and O–H groups in total. The fraction of sp³-hybridized carbons (Fsp3) is 0.562. The zero-order valence-corrected chi connectivity index (χ0v) is 14.1. The van der Waals surface area contributed by atoms with Gasteiger partial charge in [0.1, 0.15) is 11.1 Å². The van der Waals surface area contributed by atoms with Gasteiger partial charge in [0.15, 0.2) is 5.78 Å². The van der Waals surface area contributed by atoms with Crippen molar-refractivity contribution in [3.63, 3.8) is 0 Å². The topological polar surface area (TPSA) is 38.3 Å². The summed E-state index contributed by atoms with van der Waals surface area (Å²) in [5.41, 5.74) is -2.12. The Bertz CT molecular complexity index is 561. The molecule has 23 heavy (non-hydrogen) atoms. The van der Waals surface area contributed by atoms with E-state index in [9.17, 15) is 18.0 Å². The van der Waals surface area contributed by atoms with E-state index < -0.39 is 22.9 Å². The van der Waals surface area contributed by atoms with Gasteiger partial charge in [0.25, 0.3) is 0 Å². The van der Waals surface area contributed by atoms with Crippen LogP contribution < -0.4 is 5.32 Å². The van der Waals surface area contributed by atoms with Crippen LogP contribution in [0.3, 0.4) is 0 Å². The summed E-state index contributed by atoms with van der Waals surface area (Å²) in [6, 6.07) is 4.78. The lowest BCUT2D eigenvalue weighted by atomic mass is 9.69. The Labute approximate surface area is 140 Å². The summed E-state index contributed by atoms with van der Waals surface area (Å²) in [7, 11) is 3.13. The predicted octanol–water partition coefficient (Wildman–Crippen LogP) is 3.70. The highest BCUT2D eigenvalue weighted by Crippen LogP contribution is 2.41. The lowest BCUT2D eigenvalue weighted by molar-refractivity contribution is -0.152. The van der Waals surface area contributed by atoms with Crippen LogP contribution in [0, 0.1) is 0 Å². The Morgan fingerprint density at radius 3 is 2.17 bits per heavy atom. The van der Waals surface area contributed by atoms with Crippen LogP contribution in [0.1, 0.15) is 37.3 Å². The third kappa shape index (κ3) is 3.39. The van der Waals surface area contributed by atoms with Crippen molar-refractivity contribution < 1.29 is 22.7 Å². The van der Waals surface area contributed by atoms with Gasteiger partial charge in [-0.1, -0.05) is 12.1 Å². The summed E-state index contributed by atoms with van der Waals surface area (Å²) in [5, 5.41) is 3.02. The number of hydrogen-bond donors (Lipinski definition) is 1. The molecule has 1 saturated carbocycles. The monoisotopic (exact) mass is 351 g/mol. The quantitative estimate of drug-likeness (QED) is 0.902. The van der Waals surface area contributed by atoms with Crippen molar-refractivity contribution in [2.24, 2.45) is 0 Å². The number of alkyl halides is 3. The third-order valence-corrected chi connectivity index (χ3v) is 4.66. The molecule has 3 nitrogen and oxygen atoms in total. The molecule has 0 saturated heterocycles. The largest absolute Gasteiger partial charge is 0.416 e. The number of carbonyl (C=O) groups excluding carboxylic acids is 1. The van der Waals surface area contributed by atoms with Gasteiger partial charge in [-0.2, -0.15) is 13.2 Å². The molecule has 0 radical (unpaired) electrons. The average molecular weight is 352 g/mol. The first-order chi connectivity index (χ1) is 10.2. The van der Waals surface area contributed by atoms with E-state index in [0.717, 1.165) is 18.6 Å². The number of likely N-dealkylation sites (N-methyl/N-ethyl adjacent to an activating group) is 1. The van der Waals surface area contributed by atoms with Crippen LogP contribution in [0.5, 0.6) is 0 Å². The lowest BCUT2D eigenvalue weighted by Gasteiger charge is -2.44. The molecule has 1 fully saturated rings. The second-order valence-corrected chi connectivity index (χ2v) is 5.85. The van der Waals surface area contributed by atoms with Crippen molar-refractivity contribution >= 4 is 18.2 Å². The average Bonchev–Trinajstić information content (AvgIpc) is 2.50. The Balaban J connectivity index is 0.00000264. The Kier molecular flexibility index (Phi) is 5.88. The van der Waals surface area contributed by atoms with Crippen LogP contribution in [-0.4, -0.2) is 25.5 Å². The van der Waals surface area contributed by atoms with Gasteiger partial charge in [0.2, 0.25) is 0 Å². The zero-order valence-electron chi connectivity index (χ0n) is 13.3. The van der Waals surface area contributed by atoms with Gasteiger partial charge in [0.05, 0.1) is 5.56 Å². The minimum Gasteiger partial charge on any atom is -0.371 e. The minimum atomic E-state index is -4.39. The minimum absolute atomic E-state index is 0. The molecule has 0 bridgehead atoms. The molecule has 2 atom stereocenters. The van der Waals surface area contributed by atoms with Gasteiger partial charge in [-0.05, 0) is 50.9 Å². The van der Waals surface area contributed by atoms with Crippen molar-refractivity contribution in [3.05, 3.63) is 35.4 Å². The fourth-order valence-electron chi connectivity index (χ4n) is 3.17. The van der Waals surface area contributed by atoms with E-state index in [2.05, 4.69) is 5.32 Å². The number of ketones is 1. The number of halogens is 4. The maximum Gasteiger partial charge on any atom is 0.416 e. The molecular formula is C16H21ClF3NO2. The van der Waals surface area contributed by atoms with Gasteiger partial charge < -0.3 is 10.1 Å². The van der Waals surface area contributed by atoms with E-state index in [0.29, 0.717) is 18.4 Å². The maximum atomic E-state index is 12.9. The molecule has 0 spiro atoms. The molecule has 0 aromatic heterocycles. The summed E-state index contributed by atoms with van der Waals surface area (Å²) < 4.78 is 43.5. The Morgan fingerprint density at radius 2 is 1.74 bits per heavy atom. The molecular weight excluding hydrogens is 331 g/mol. The standard InChI is InChI=1S/C16H20F3NO2.ClH/c1-14(22-3)9-4-10-15(20-2,13(14)21)11-5-7-12(8-6-11)16(17,18)19;/h5-8,20H,4,9-10H2,1-3H3;1H/t14-,15-;/m1./s1. The lowest BCUT2D eigenvalue weighted by Crippen LogP contribution is -2.59. The summed E-state index contributed by atoms with van der Waals surface area (Å²) >= 11 is 0. The van der Waals surface area contributed by atoms with E-state index in [1.54, 1.807) is 14.0 Å². The fourth-order valence-corrected chi connectivity index (χ4v) is 3.17. The number of benzene rings is 1. The highest BCUT2D eigenvalue weighted by atomic mass is 35.5. The van der Waals surface area contributed by atoms with Crippen LogP contribution >= 0.6 is 12.4 Å². The van der Waals surface area contributed by atoms with Gasteiger partial charge >= 0.3 is 6.18 Å². The van der Waals surface area contributed by atoms with Crippen molar-refractivity contribution in [1.29, 1.82) is 0 Å². The Morgan fingerprint density at radius 1 is 1.17 bits per heavy atom. The first-order valence-electron chi connectivity index (χ1n) is 7.16. The summed E-state index contributed by atoms with van der Waals surface area (Å²) in [5.74, 6) is -0.143. The number of methoxy groups -OCH3 is 1. The number of ether oxygens (including phenoxy) is 1. The second-order valence-electron chi connectivity index (χ2n) is 5.85. The molecule has 1 aromatic carbocycles. The second kappa shape index (κ2) is 6.79. The highest BCUT2D eigenvalue weighted by molar-refractivity contribution is 5.97. The molecule has 0 unspecified atom stereocenters. The molecule has 1 aliphatic rings. The van der Waals surface area contributed by atoms with E-state index in [1.165, 1.54) is 19.2 Å². The number of carbonyl (C=O) groups is 1. The third-order valence-electron chi connectivity index (χ3n) is 4.66. The number of hydrogen-bond acceptors (Lipinski definition) is 3. The molecule has 1 aliphatic carbocycles. The Hall–Kier alpha value is -1.11. The van der Waals surface area contributed by atoms with Gasteiger partial charge in [0, 0.05) is 7.11 Å². The molecule has 0 aliphatic heterocycles. The van der Waals surface area contributed by atoms with Gasteiger partial charge in [-0.25, -0.2) is 0 Å². The molecule has 0 amide bonds. The van der Waals surface area contributed by atoms with E-state index >= 15 is 0 Å². The molecule has 1 aromatic rings. The van der Waals surface area contributed by atoms with E-state index in [1.807, 2.05) is 0 Å². The van der Waals surface area contributed by atoms with Crippen molar-refractivity contribution in [2.45, 2.75) is 43.5 Å². The van der Waals surface area contributed by atoms with Crippen LogP contribution in [0.4, 0.5) is 13.2 Å². The smallest absolute Gasteiger partial charge is 0.371 e. The molecule has 130 valence electrons. The molecule has 0 heterocycles. The number of Topliss-reactive ketones (excluding diaryl/α,β-unsaturated/α-hetero) is 1. The van der Waals surface area contributed by atoms with E-state index in [-0.39, 0.29) is 18.2 Å². The van der Waals surface area contributed by atoms with E-state index in [4.69, 9.17) is 4.74 Å². The molecule has 7 heteroatoms.